The monoisotopic (exact) mass is 366 g/mol. The summed E-state index contributed by atoms with van der Waals surface area (Å²) in [5.74, 6) is 1.25. The Hall–Kier alpha value is -1.11. The van der Waals surface area contributed by atoms with Crippen molar-refractivity contribution in [2.75, 3.05) is 0 Å². The Kier molecular flexibility index (Phi) is 4.24. The molecular formula is C14H11BrN2OS2. The van der Waals surface area contributed by atoms with Crippen LogP contribution in [0.5, 0.6) is 0 Å². The van der Waals surface area contributed by atoms with Gasteiger partial charge in [0.2, 0.25) is 5.89 Å². The standard InChI is InChI=1S/C14H11BrN2OS2/c1-9(20-11-5-2-4-10(15)8-11)13-16-17-14(18-13)12-6-3-7-19-12/h2-9H,1H3. The molecule has 102 valence electrons. The van der Waals surface area contributed by atoms with Gasteiger partial charge in [0, 0.05) is 9.37 Å². The summed E-state index contributed by atoms with van der Waals surface area (Å²) in [4.78, 5) is 2.17. The second-order valence-electron chi connectivity index (χ2n) is 4.14. The van der Waals surface area contributed by atoms with E-state index < -0.39 is 0 Å². The van der Waals surface area contributed by atoms with Crippen molar-refractivity contribution < 1.29 is 4.42 Å². The van der Waals surface area contributed by atoms with Crippen LogP contribution in [-0.2, 0) is 0 Å². The molecule has 0 spiro atoms. The largest absolute Gasteiger partial charge is 0.419 e. The van der Waals surface area contributed by atoms with Crippen molar-refractivity contribution in [1.82, 2.24) is 10.2 Å². The fourth-order valence-corrected chi connectivity index (χ4v) is 3.84. The molecule has 2 heterocycles. The Labute approximate surface area is 133 Å². The zero-order valence-corrected chi connectivity index (χ0v) is 13.8. The summed E-state index contributed by atoms with van der Waals surface area (Å²) in [6, 6.07) is 12.1. The van der Waals surface area contributed by atoms with Gasteiger partial charge in [0.05, 0.1) is 10.1 Å². The third-order valence-electron chi connectivity index (χ3n) is 2.63. The minimum absolute atomic E-state index is 0.116. The first kappa shape index (κ1) is 13.9. The highest BCUT2D eigenvalue weighted by Gasteiger charge is 2.16. The number of thiophene rings is 1. The Bertz CT molecular complexity index is 697. The molecule has 0 amide bonds. The number of aromatic nitrogens is 2. The van der Waals surface area contributed by atoms with E-state index in [9.17, 15) is 0 Å². The Morgan fingerprint density at radius 3 is 2.90 bits per heavy atom. The number of nitrogens with zero attached hydrogens (tertiary/aromatic N) is 2. The molecule has 0 aliphatic heterocycles. The van der Waals surface area contributed by atoms with E-state index in [1.54, 1.807) is 23.1 Å². The van der Waals surface area contributed by atoms with Gasteiger partial charge >= 0.3 is 0 Å². The van der Waals surface area contributed by atoms with Gasteiger partial charge in [-0.3, -0.25) is 0 Å². The van der Waals surface area contributed by atoms with Crippen LogP contribution in [-0.4, -0.2) is 10.2 Å². The Balaban J connectivity index is 1.76. The van der Waals surface area contributed by atoms with Crippen molar-refractivity contribution in [3.8, 4) is 10.8 Å². The molecule has 0 fully saturated rings. The van der Waals surface area contributed by atoms with Gasteiger partial charge in [0.1, 0.15) is 0 Å². The van der Waals surface area contributed by atoms with E-state index in [1.807, 2.05) is 29.6 Å². The van der Waals surface area contributed by atoms with E-state index in [2.05, 4.69) is 45.2 Å². The molecule has 3 aromatic rings. The highest BCUT2D eigenvalue weighted by atomic mass is 79.9. The van der Waals surface area contributed by atoms with Crippen LogP contribution < -0.4 is 0 Å². The Morgan fingerprint density at radius 2 is 2.15 bits per heavy atom. The van der Waals surface area contributed by atoms with E-state index in [0.29, 0.717) is 11.8 Å². The number of thioether (sulfide) groups is 1. The number of hydrogen-bond donors (Lipinski definition) is 0. The summed E-state index contributed by atoms with van der Waals surface area (Å²) in [7, 11) is 0. The lowest BCUT2D eigenvalue weighted by Gasteiger charge is -2.06. The Morgan fingerprint density at radius 1 is 1.25 bits per heavy atom. The summed E-state index contributed by atoms with van der Waals surface area (Å²) in [6.45, 7) is 2.07. The van der Waals surface area contributed by atoms with Crippen molar-refractivity contribution in [3.05, 3.63) is 52.1 Å². The second-order valence-corrected chi connectivity index (χ2v) is 7.42. The molecule has 1 unspecified atom stereocenters. The molecule has 1 aromatic carbocycles. The lowest BCUT2D eigenvalue weighted by molar-refractivity contribution is 0.510. The molecule has 6 heteroatoms. The predicted molar refractivity (Wildman–Crippen MR) is 86.0 cm³/mol. The minimum Gasteiger partial charge on any atom is -0.419 e. The fourth-order valence-electron chi connectivity index (χ4n) is 1.69. The quantitative estimate of drug-likeness (QED) is 0.578. The summed E-state index contributed by atoms with van der Waals surface area (Å²) >= 11 is 6.77. The van der Waals surface area contributed by atoms with Crippen molar-refractivity contribution in [1.29, 1.82) is 0 Å². The molecule has 0 N–H and O–H groups in total. The van der Waals surface area contributed by atoms with E-state index in [1.165, 1.54) is 4.90 Å². The average Bonchev–Trinajstić information content (AvgIpc) is 3.10. The summed E-state index contributed by atoms with van der Waals surface area (Å²) in [5.41, 5.74) is 0. The van der Waals surface area contributed by atoms with E-state index in [-0.39, 0.29) is 5.25 Å². The summed E-state index contributed by atoms with van der Waals surface area (Å²) in [6.07, 6.45) is 0. The van der Waals surface area contributed by atoms with Crippen molar-refractivity contribution >= 4 is 39.0 Å². The lowest BCUT2D eigenvalue weighted by Crippen LogP contribution is -1.88. The van der Waals surface area contributed by atoms with Crippen LogP contribution in [0.1, 0.15) is 18.1 Å². The molecule has 3 rings (SSSR count). The lowest BCUT2D eigenvalue weighted by atomic mass is 10.4. The highest BCUT2D eigenvalue weighted by Crippen LogP contribution is 2.36. The maximum Gasteiger partial charge on any atom is 0.257 e. The van der Waals surface area contributed by atoms with Gasteiger partial charge in [-0.1, -0.05) is 28.1 Å². The number of hydrogen-bond acceptors (Lipinski definition) is 5. The number of rotatable bonds is 4. The average molecular weight is 367 g/mol. The predicted octanol–water partition coefficient (Wildman–Crippen LogP) is 5.41. The van der Waals surface area contributed by atoms with Crippen LogP contribution in [0.2, 0.25) is 0 Å². The third kappa shape index (κ3) is 3.13. The first-order valence-corrected chi connectivity index (χ1v) is 8.57. The summed E-state index contributed by atoms with van der Waals surface area (Å²) in [5, 5.41) is 10.4. The maximum atomic E-state index is 5.75. The topological polar surface area (TPSA) is 38.9 Å². The first-order chi connectivity index (χ1) is 9.72. The van der Waals surface area contributed by atoms with Gasteiger partial charge in [0.25, 0.3) is 5.89 Å². The molecule has 0 saturated heterocycles. The van der Waals surface area contributed by atoms with Crippen LogP contribution in [0.25, 0.3) is 10.8 Å². The third-order valence-corrected chi connectivity index (χ3v) is 5.06. The van der Waals surface area contributed by atoms with Gasteiger partial charge in [-0.2, -0.15) is 0 Å². The number of halogens is 1. The van der Waals surface area contributed by atoms with E-state index in [4.69, 9.17) is 4.42 Å². The minimum atomic E-state index is 0.116. The van der Waals surface area contributed by atoms with Gasteiger partial charge in [-0.25, -0.2) is 0 Å². The molecule has 1 atom stereocenters. The van der Waals surface area contributed by atoms with Crippen LogP contribution >= 0.6 is 39.0 Å². The highest BCUT2D eigenvalue weighted by molar-refractivity contribution is 9.10. The van der Waals surface area contributed by atoms with Crippen LogP contribution in [0.15, 0.2) is 55.6 Å². The molecule has 0 saturated carbocycles. The molecule has 0 aliphatic carbocycles. The molecule has 3 nitrogen and oxygen atoms in total. The maximum absolute atomic E-state index is 5.75. The van der Waals surface area contributed by atoms with Crippen LogP contribution in [0, 0.1) is 0 Å². The molecule has 0 bridgehead atoms. The van der Waals surface area contributed by atoms with Crippen LogP contribution in [0.4, 0.5) is 0 Å². The number of benzene rings is 1. The normalized spacial score (nSPS) is 12.5. The smallest absolute Gasteiger partial charge is 0.257 e. The molecule has 20 heavy (non-hydrogen) atoms. The molecular weight excluding hydrogens is 356 g/mol. The summed E-state index contributed by atoms with van der Waals surface area (Å²) < 4.78 is 6.82. The second kappa shape index (κ2) is 6.11. The zero-order valence-electron chi connectivity index (χ0n) is 10.6. The SMILES string of the molecule is CC(Sc1cccc(Br)c1)c1nnc(-c2cccs2)o1. The van der Waals surface area contributed by atoms with Gasteiger partial charge in [0.15, 0.2) is 0 Å². The van der Waals surface area contributed by atoms with Crippen molar-refractivity contribution in [2.45, 2.75) is 17.1 Å². The molecule has 2 aromatic heterocycles. The van der Waals surface area contributed by atoms with Gasteiger partial charge < -0.3 is 4.42 Å². The molecule has 0 radical (unpaired) electrons. The molecule has 0 aliphatic rings. The fraction of sp³-hybridized carbons (Fsp3) is 0.143. The van der Waals surface area contributed by atoms with E-state index in [0.717, 1.165) is 9.35 Å². The van der Waals surface area contributed by atoms with Gasteiger partial charge in [-0.05, 0) is 36.6 Å². The van der Waals surface area contributed by atoms with Crippen molar-refractivity contribution in [3.63, 3.8) is 0 Å². The first-order valence-electron chi connectivity index (χ1n) is 6.02. The zero-order chi connectivity index (χ0) is 13.9. The van der Waals surface area contributed by atoms with Gasteiger partial charge in [-0.15, -0.1) is 33.3 Å². The van der Waals surface area contributed by atoms with Crippen LogP contribution in [0.3, 0.4) is 0 Å². The van der Waals surface area contributed by atoms with Crippen molar-refractivity contribution in [2.24, 2.45) is 0 Å². The van der Waals surface area contributed by atoms with E-state index >= 15 is 0 Å².